The van der Waals surface area contributed by atoms with E-state index >= 15 is 0 Å². The summed E-state index contributed by atoms with van der Waals surface area (Å²) in [5.41, 5.74) is 5.79. The molecule has 0 aliphatic rings. The molecule has 1 heterocycles. The number of aromatic amines is 1. The van der Waals surface area contributed by atoms with E-state index in [2.05, 4.69) is 9.97 Å². The summed E-state index contributed by atoms with van der Waals surface area (Å²) in [5.74, 6) is 1.94. The summed E-state index contributed by atoms with van der Waals surface area (Å²) in [4.78, 5) is 22.2. The fourth-order valence-corrected chi connectivity index (χ4v) is 1.38. The van der Waals surface area contributed by atoms with Crippen LogP contribution in [0, 0.1) is 6.92 Å². The first-order valence-electron chi connectivity index (χ1n) is 5.22. The molecule has 0 unspecified atom stereocenters. The molecule has 3 N–H and O–H groups in total. The number of H-pyrrole nitrogens is 1. The first kappa shape index (κ1) is 12.4. The molecule has 0 aliphatic heterocycles. The third-order valence-corrected chi connectivity index (χ3v) is 2.34. The Morgan fingerprint density at radius 2 is 2.12 bits per heavy atom. The minimum Gasteiger partial charge on any atom is -0.382 e. The topological polar surface area (TPSA) is 78.2 Å². The Labute approximate surface area is 95.4 Å². The summed E-state index contributed by atoms with van der Waals surface area (Å²) in [6, 6.07) is 0. The molecule has 90 valence electrons. The molecule has 1 aromatic heterocycles. The van der Waals surface area contributed by atoms with Crippen molar-refractivity contribution in [2.75, 3.05) is 37.8 Å². The number of rotatable bonds is 4. The van der Waals surface area contributed by atoms with E-state index < -0.39 is 0 Å². The van der Waals surface area contributed by atoms with Crippen molar-refractivity contribution in [3.8, 4) is 0 Å². The van der Waals surface area contributed by atoms with Gasteiger partial charge in [-0.3, -0.25) is 4.79 Å². The summed E-state index contributed by atoms with van der Waals surface area (Å²) in [5, 5.41) is 0. The second-order valence-electron chi connectivity index (χ2n) is 3.86. The van der Waals surface area contributed by atoms with E-state index in [-0.39, 0.29) is 12.5 Å². The zero-order chi connectivity index (χ0) is 12.3. The number of aryl methyl sites for hydroxylation is 1. The molecule has 0 bridgehead atoms. The van der Waals surface area contributed by atoms with Crippen molar-refractivity contribution in [3.05, 3.63) is 5.82 Å². The van der Waals surface area contributed by atoms with Crippen LogP contribution in [0.5, 0.6) is 0 Å². The third kappa shape index (κ3) is 2.65. The van der Waals surface area contributed by atoms with Gasteiger partial charge in [-0.05, 0) is 13.8 Å². The van der Waals surface area contributed by atoms with Crippen LogP contribution in [0.25, 0.3) is 0 Å². The van der Waals surface area contributed by atoms with Gasteiger partial charge in [0.2, 0.25) is 5.91 Å². The molecular weight excluding hydrogens is 206 g/mol. The number of likely N-dealkylation sites (N-methyl/N-ethyl adjacent to an activating group) is 2. The Bertz CT molecular complexity index is 371. The molecule has 16 heavy (non-hydrogen) atoms. The number of amides is 1. The molecule has 6 nitrogen and oxygen atoms in total. The number of nitrogens with zero attached hydrogens (tertiary/aromatic N) is 3. The molecule has 1 aromatic rings. The Morgan fingerprint density at radius 1 is 1.50 bits per heavy atom. The average molecular weight is 225 g/mol. The van der Waals surface area contributed by atoms with E-state index in [4.69, 9.17) is 5.73 Å². The number of anilines is 2. The molecule has 0 fully saturated rings. The normalized spacial score (nSPS) is 10.2. The van der Waals surface area contributed by atoms with Gasteiger partial charge in [-0.25, -0.2) is 4.98 Å². The Balaban J connectivity index is 2.82. The minimum atomic E-state index is 0.0295. The van der Waals surface area contributed by atoms with Crippen molar-refractivity contribution in [2.45, 2.75) is 13.8 Å². The standard InChI is InChI=1S/C10H19N5O/c1-5-15(6-8(16)14(3)4)10-9(11)12-7(2)13-10/h5-6,11H2,1-4H3,(H,12,13). The van der Waals surface area contributed by atoms with Crippen LogP contribution in [-0.2, 0) is 4.79 Å². The van der Waals surface area contributed by atoms with Gasteiger partial charge in [-0.15, -0.1) is 0 Å². The molecule has 1 amide bonds. The first-order valence-corrected chi connectivity index (χ1v) is 5.22. The van der Waals surface area contributed by atoms with Gasteiger partial charge in [0.1, 0.15) is 11.6 Å². The number of carbonyl (C=O) groups is 1. The molecular formula is C10H19N5O. The summed E-state index contributed by atoms with van der Waals surface area (Å²) in [6.45, 7) is 4.78. The Morgan fingerprint density at radius 3 is 2.50 bits per heavy atom. The maximum Gasteiger partial charge on any atom is 0.241 e. The first-order chi connectivity index (χ1) is 7.45. The van der Waals surface area contributed by atoms with Crippen LogP contribution in [-0.4, -0.2) is 48.0 Å². The molecule has 1 rings (SSSR count). The second kappa shape index (κ2) is 4.87. The van der Waals surface area contributed by atoms with Crippen LogP contribution in [0.2, 0.25) is 0 Å². The SMILES string of the molecule is CCN(CC(=O)N(C)C)c1nc(C)[nH]c1N. The van der Waals surface area contributed by atoms with Crippen molar-refractivity contribution in [3.63, 3.8) is 0 Å². The summed E-state index contributed by atoms with van der Waals surface area (Å²) < 4.78 is 0. The minimum absolute atomic E-state index is 0.0295. The lowest BCUT2D eigenvalue weighted by Crippen LogP contribution is -2.37. The number of imidazole rings is 1. The highest BCUT2D eigenvalue weighted by atomic mass is 16.2. The summed E-state index contributed by atoms with van der Waals surface area (Å²) >= 11 is 0. The molecule has 0 spiro atoms. The highest BCUT2D eigenvalue weighted by molar-refractivity contribution is 5.81. The lowest BCUT2D eigenvalue weighted by atomic mass is 10.4. The van der Waals surface area contributed by atoms with Crippen molar-refractivity contribution in [1.82, 2.24) is 14.9 Å². The van der Waals surface area contributed by atoms with Crippen LogP contribution < -0.4 is 10.6 Å². The predicted molar refractivity (Wildman–Crippen MR) is 64.3 cm³/mol. The van der Waals surface area contributed by atoms with Gasteiger partial charge in [0.25, 0.3) is 0 Å². The number of nitrogen functional groups attached to an aromatic ring is 1. The highest BCUT2D eigenvalue weighted by Crippen LogP contribution is 2.19. The zero-order valence-electron chi connectivity index (χ0n) is 10.2. The quantitative estimate of drug-likeness (QED) is 0.768. The maximum absolute atomic E-state index is 11.6. The molecule has 0 saturated heterocycles. The van der Waals surface area contributed by atoms with Crippen molar-refractivity contribution < 1.29 is 4.79 Å². The van der Waals surface area contributed by atoms with E-state index in [0.717, 1.165) is 5.82 Å². The van der Waals surface area contributed by atoms with E-state index in [1.54, 1.807) is 19.0 Å². The number of aromatic nitrogens is 2. The molecule has 6 heteroatoms. The van der Waals surface area contributed by atoms with E-state index in [9.17, 15) is 4.79 Å². The van der Waals surface area contributed by atoms with Gasteiger partial charge in [0.15, 0.2) is 5.82 Å². The smallest absolute Gasteiger partial charge is 0.241 e. The molecule has 0 aromatic carbocycles. The number of hydrogen-bond donors (Lipinski definition) is 2. The maximum atomic E-state index is 11.6. The van der Waals surface area contributed by atoms with Crippen LogP contribution in [0.1, 0.15) is 12.7 Å². The molecule has 0 aliphatic carbocycles. The molecule has 0 saturated carbocycles. The van der Waals surface area contributed by atoms with Crippen molar-refractivity contribution in [1.29, 1.82) is 0 Å². The summed E-state index contributed by atoms with van der Waals surface area (Å²) in [7, 11) is 3.46. The highest BCUT2D eigenvalue weighted by Gasteiger charge is 2.16. The summed E-state index contributed by atoms with van der Waals surface area (Å²) in [6.07, 6.45) is 0. The fourth-order valence-electron chi connectivity index (χ4n) is 1.38. The van der Waals surface area contributed by atoms with Gasteiger partial charge in [0.05, 0.1) is 6.54 Å². The van der Waals surface area contributed by atoms with Crippen molar-refractivity contribution in [2.24, 2.45) is 0 Å². The largest absolute Gasteiger partial charge is 0.382 e. The number of nitrogens with one attached hydrogen (secondary N) is 1. The van der Waals surface area contributed by atoms with Gasteiger partial charge in [0, 0.05) is 20.6 Å². The Hall–Kier alpha value is -1.72. The third-order valence-electron chi connectivity index (χ3n) is 2.34. The lowest BCUT2D eigenvalue weighted by Gasteiger charge is -2.22. The number of nitrogens with two attached hydrogens (primary N) is 1. The van der Waals surface area contributed by atoms with Crippen LogP contribution in [0.4, 0.5) is 11.6 Å². The monoisotopic (exact) mass is 225 g/mol. The zero-order valence-corrected chi connectivity index (χ0v) is 10.2. The van der Waals surface area contributed by atoms with E-state index in [1.807, 2.05) is 18.7 Å². The lowest BCUT2D eigenvalue weighted by molar-refractivity contribution is -0.127. The van der Waals surface area contributed by atoms with E-state index in [1.165, 1.54) is 0 Å². The number of carbonyl (C=O) groups excluding carboxylic acids is 1. The van der Waals surface area contributed by atoms with Crippen LogP contribution in [0.3, 0.4) is 0 Å². The second-order valence-corrected chi connectivity index (χ2v) is 3.86. The van der Waals surface area contributed by atoms with Crippen molar-refractivity contribution >= 4 is 17.5 Å². The number of hydrogen-bond acceptors (Lipinski definition) is 4. The fraction of sp³-hybridized carbons (Fsp3) is 0.600. The van der Waals surface area contributed by atoms with Crippen LogP contribution in [0.15, 0.2) is 0 Å². The van der Waals surface area contributed by atoms with E-state index in [0.29, 0.717) is 18.2 Å². The van der Waals surface area contributed by atoms with Gasteiger partial charge < -0.3 is 20.5 Å². The predicted octanol–water partition coefficient (Wildman–Crippen LogP) is 0.215. The van der Waals surface area contributed by atoms with Gasteiger partial charge >= 0.3 is 0 Å². The Kier molecular flexibility index (Phi) is 3.76. The molecule has 0 atom stereocenters. The molecule has 0 radical (unpaired) electrons. The van der Waals surface area contributed by atoms with Gasteiger partial charge in [-0.1, -0.05) is 0 Å². The van der Waals surface area contributed by atoms with Gasteiger partial charge in [-0.2, -0.15) is 0 Å². The average Bonchev–Trinajstić information content (AvgIpc) is 2.53. The van der Waals surface area contributed by atoms with Crippen LogP contribution >= 0.6 is 0 Å².